The third-order valence-electron chi connectivity index (χ3n) is 2.58. The van der Waals surface area contributed by atoms with E-state index in [1.165, 1.54) is 6.07 Å². The molecule has 0 bridgehead atoms. The normalized spacial score (nSPS) is 13.2. The number of phenols is 1. The molecule has 0 saturated carbocycles. The van der Waals surface area contributed by atoms with Crippen LogP contribution in [0.15, 0.2) is 12.1 Å². The van der Waals surface area contributed by atoms with E-state index in [2.05, 4.69) is 4.74 Å². The van der Waals surface area contributed by atoms with Crippen LogP contribution in [0.4, 0.5) is 0 Å². The SMILES string of the molecule is CCOC(=O)C(=O)c1c(O)ccc2c1COC2. The van der Waals surface area contributed by atoms with Gasteiger partial charge in [-0.2, -0.15) is 0 Å². The number of rotatable bonds is 3. The Morgan fingerprint density at radius 2 is 2.18 bits per heavy atom. The minimum absolute atomic E-state index is 0.00144. The fourth-order valence-corrected chi connectivity index (χ4v) is 1.79. The average Bonchev–Trinajstić information content (AvgIpc) is 2.76. The minimum atomic E-state index is -0.955. The fraction of sp³-hybridized carbons (Fsp3) is 0.333. The van der Waals surface area contributed by atoms with E-state index in [4.69, 9.17) is 4.74 Å². The van der Waals surface area contributed by atoms with Crippen LogP contribution >= 0.6 is 0 Å². The van der Waals surface area contributed by atoms with E-state index in [0.29, 0.717) is 12.2 Å². The number of ketones is 1. The van der Waals surface area contributed by atoms with E-state index in [1.54, 1.807) is 13.0 Å². The van der Waals surface area contributed by atoms with Gasteiger partial charge in [0.05, 0.1) is 25.4 Å². The Morgan fingerprint density at radius 1 is 1.41 bits per heavy atom. The van der Waals surface area contributed by atoms with Crippen molar-refractivity contribution in [3.63, 3.8) is 0 Å². The topological polar surface area (TPSA) is 72.8 Å². The lowest BCUT2D eigenvalue weighted by Crippen LogP contribution is -2.19. The quantitative estimate of drug-likeness (QED) is 0.484. The second kappa shape index (κ2) is 4.55. The molecule has 0 amide bonds. The molecule has 17 heavy (non-hydrogen) atoms. The van der Waals surface area contributed by atoms with E-state index in [0.717, 1.165) is 5.56 Å². The number of carbonyl (C=O) groups excluding carboxylic acids is 2. The predicted molar refractivity (Wildman–Crippen MR) is 57.6 cm³/mol. The van der Waals surface area contributed by atoms with Crippen LogP contribution in [0.3, 0.4) is 0 Å². The summed E-state index contributed by atoms with van der Waals surface area (Å²) in [4.78, 5) is 23.2. The van der Waals surface area contributed by atoms with Crippen LogP contribution in [-0.4, -0.2) is 23.5 Å². The van der Waals surface area contributed by atoms with Gasteiger partial charge in [-0.05, 0) is 24.1 Å². The first-order chi connectivity index (χ1) is 8.15. The monoisotopic (exact) mass is 236 g/mol. The predicted octanol–water partition coefficient (Wildman–Crippen LogP) is 1.17. The maximum Gasteiger partial charge on any atom is 0.379 e. The molecule has 5 nitrogen and oxygen atoms in total. The van der Waals surface area contributed by atoms with E-state index in [1.807, 2.05) is 0 Å². The molecular formula is C12H12O5. The summed E-state index contributed by atoms with van der Waals surface area (Å²) >= 11 is 0. The summed E-state index contributed by atoms with van der Waals surface area (Å²) in [5.74, 6) is -2.00. The largest absolute Gasteiger partial charge is 0.507 e. The van der Waals surface area contributed by atoms with E-state index < -0.39 is 11.8 Å². The first-order valence-corrected chi connectivity index (χ1v) is 5.28. The number of esters is 1. The number of ether oxygens (including phenoxy) is 2. The van der Waals surface area contributed by atoms with Gasteiger partial charge in [0.25, 0.3) is 5.78 Å². The zero-order valence-corrected chi connectivity index (χ0v) is 9.36. The molecule has 0 unspecified atom stereocenters. The lowest BCUT2D eigenvalue weighted by molar-refractivity contribution is -0.137. The number of hydrogen-bond acceptors (Lipinski definition) is 5. The summed E-state index contributed by atoms with van der Waals surface area (Å²) in [6.07, 6.45) is 0. The number of Topliss-reactive ketones (excluding diaryl/α,β-unsaturated/α-hetero) is 1. The van der Waals surface area contributed by atoms with Crippen molar-refractivity contribution < 1.29 is 24.2 Å². The van der Waals surface area contributed by atoms with Gasteiger partial charge >= 0.3 is 5.97 Å². The van der Waals surface area contributed by atoms with Crippen molar-refractivity contribution in [2.45, 2.75) is 20.1 Å². The maximum absolute atomic E-state index is 11.8. The summed E-state index contributed by atoms with van der Waals surface area (Å²) in [6, 6.07) is 3.07. The van der Waals surface area contributed by atoms with Crippen molar-refractivity contribution in [2.24, 2.45) is 0 Å². The number of carbonyl (C=O) groups is 2. The lowest BCUT2D eigenvalue weighted by atomic mass is 9.99. The highest BCUT2D eigenvalue weighted by Gasteiger charge is 2.28. The second-order valence-electron chi connectivity index (χ2n) is 3.64. The van der Waals surface area contributed by atoms with Crippen LogP contribution < -0.4 is 0 Å². The second-order valence-corrected chi connectivity index (χ2v) is 3.64. The van der Waals surface area contributed by atoms with Crippen molar-refractivity contribution in [1.82, 2.24) is 0 Å². The molecule has 0 fully saturated rings. The number of benzene rings is 1. The van der Waals surface area contributed by atoms with Gasteiger partial charge in [-0.3, -0.25) is 4.79 Å². The van der Waals surface area contributed by atoms with Crippen LogP contribution in [0, 0.1) is 0 Å². The molecule has 1 aliphatic rings. The van der Waals surface area contributed by atoms with Crippen LogP contribution in [0.1, 0.15) is 28.4 Å². The molecule has 1 aromatic rings. The number of fused-ring (bicyclic) bond motifs is 1. The summed E-state index contributed by atoms with van der Waals surface area (Å²) in [5.41, 5.74) is 1.39. The van der Waals surface area contributed by atoms with Crippen molar-refractivity contribution >= 4 is 11.8 Å². The van der Waals surface area contributed by atoms with Crippen molar-refractivity contribution in [3.05, 3.63) is 28.8 Å². The van der Waals surface area contributed by atoms with Gasteiger partial charge in [0.1, 0.15) is 5.75 Å². The maximum atomic E-state index is 11.8. The Morgan fingerprint density at radius 3 is 2.88 bits per heavy atom. The molecule has 1 aromatic carbocycles. The molecule has 2 rings (SSSR count). The highest BCUT2D eigenvalue weighted by Crippen LogP contribution is 2.30. The third kappa shape index (κ3) is 2.01. The minimum Gasteiger partial charge on any atom is -0.507 e. The first-order valence-electron chi connectivity index (χ1n) is 5.28. The molecular weight excluding hydrogens is 224 g/mol. The zero-order valence-electron chi connectivity index (χ0n) is 9.36. The van der Waals surface area contributed by atoms with Crippen molar-refractivity contribution in [1.29, 1.82) is 0 Å². The molecule has 0 aliphatic carbocycles. The summed E-state index contributed by atoms with van der Waals surface area (Å²) in [7, 11) is 0. The summed E-state index contributed by atoms with van der Waals surface area (Å²) < 4.78 is 9.82. The van der Waals surface area contributed by atoms with E-state index in [-0.39, 0.29) is 24.5 Å². The molecule has 1 aliphatic heterocycles. The Labute approximate surface area is 98.0 Å². The number of hydrogen-bond donors (Lipinski definition) is 1. The highest BCUT2D eigenvalue weighted by atomic mass is 16.5. The summed E-state index contributed by atoms with van der Waals surface area (Å²) in [6.45, 7) is 2.35. The Hall–Kier alpha value is -1.88. The number of aromatic hydroxyl groups is 1. The fourth-order valence-electron chi connectivity index (χ4n) is 1.79. The van der Waals surface area contributed by atoms with Crippen LogP contribution in [0.5, 0.6) is 5.75 Å². The average molecular weight is 236 g/mol. The van der Waals surface area contributed by atoms with Gasteiger partial charge in [0, 0.05) is 0 Å². The first kappa shape index (κ1) is 11.6. The van der Waals surface area contributed by atoms with Gasteiger partial charge in [0.2, 0.25) is 0 Å². The molecule has 1 heterocycles. The third-order valence-corrected chi connectivity index (χ3v) is 2.58. The molecule has 0 spiro atoms. The standard InChI is InChI=1S/C12H12O5/c1-2-17-12(15)11(14)10-8-6-16-5-7(8)3-4-9(10)13/h3-4,13H,2,5-6H2,1H3. The zero-order chi connectivity index (χ0) is 12.4. The smallest absolute Gasteiger partial charge is 0.379 e. The van der Waals surface area contributed by atoms with Gasteiger partial charge < -0.3 is 14.6 Å². The van der Waals surface area contributed by atoms with Gasteiger partial charge in [-0.25, -0.2) is 4.79 Å². The summed E-state index contributed by atoms with van der Waals surface area (Å²) in [5, 5.41) is 9.68. The van der Waals surface area contributed by atoms with Crippen molar-refractivity contribution in [3.8, 4) is 5.75 Å². The molecule has 0 aromatic heterocycles. The van der Waals surface area contributed by atoms with Crippen LogP contribution in [0.25, 0.3) is 0 Å². The molecule has 5 heteroatoms. The van der Waals surface area contributed by atoms with Crippen molar-refractivity contribution in [2.75, 3.05) is 6.61 Å². The Balaban J connectivity index is 2.41. The highest BCUT2D eigenvalue weighted by molar-refractivity contribution is 6.41. The van der Waals surface area contributed by atoms with Crippen LogP contribution in [0.2, 0.25) is 0 Å². The molecule has 0 radical (unpaired) electrons. The van der Waals surface area contributed by atoms with Gasteiger partial charge in [-0.1, -0.05) is 6.07 Å². The molecule has 1 N–H and O–H groups in total. The van der Waals surface area contributed by atoms with Gasteiger partial charge in [0.15, 0.2) is 0 Å². The molecule has 0 saturated heterocycles. The number of phenolic OH excluding ortho intramolecular Hbond substituents is 1. The molecule has 0 atom stereocenters. The lowest BCUT2D eigenvalue weighted by Gasteiger charge is -2.07. The van der Waals surface area contributed by atoms with Gasteiger partial charge in [-0.15, -0.1) is 0 Å². The van der Waals surface area contributed by atoms with Crippen LogP contribution in [-0.2, 0) is 27.5 Å². The Kier molecular flexibility index (Phi) is 3.10. The molecule has 90 valence electrons. The Bertz CT molecular complexity index is 478. The van der Waals surface area contributed by atoms with E-state index >= 15 is 0 Å². The van der Waals surface area contributed by atoms with E-state index in [9.17, 15) is 14.7 Å².